The fourth-order valence-electron chi connectivity index (χ4n) is 2.25. The summed E-state index contributed by atoms with van der Waals surface area (Å²) >= 11 is 0. The van der Waals surface area contributed by atoms with Gasteiger partial charge >= 0.3 is 11.9 Å². The van der Waals surface area contributed by atoms with Crippen molar-refractivity contribution in [1.82, 2.24) is 0 Å². The Morgan fingerprint density at radius 1 is 1.09 bits per heavy atom. The number of alkyl halides is 2. The van der Waals surface area contributed by atoms with Crippen molar-refractivity contribution >= 4 is 22.1 Å². The summed E-state index contributed by atoms with van der Waals surface area (Å²) in [7, 11) is -4.19. The lowest BCUT2D eigenvalue weighted by atomic mass is 9.82. The lowest BCUT2D eigenvalue weighted by Crippen LogP contribution is -2.31. The molecule has 7 nitrogen and oxygen atoms in total. The number of hydrogen-bond acceptors (Lipinski definition) is 6. The normalized spacial score (nSPS) is 22.4. The quantitative estimate of drug-likeness (QED) is 0.542. The van der Waals surface area contributed by atoms with Crippen molar-refractivity contribution in [3.8, 4) is 0 Å². The molecule has 0 bridgehead atoms. The molecule has 1 fully saturated rings. The van der Waals surface area contributed by atoms with Crippen molar-refractivity contribution in [2.75, 3.05) is 19.0 Å². The van der Waals surface area contributed by atoms with E-state index in [1.54, 1.807) is 0 Å². The molecule has 1 aliphatic rings. The lowest BCUT2D eigenvalue weighted by molar-refractivity contribution is -0.161. The van der Waals surface area contributed by atoms with Crippen molar-refractivity contribution in [2.24, 2.45) is 11.8 Å². The lowest BCUT2D eigenvalue weighted by Gasteiger charge is -2.26. The number of esters is 2. The highest BCUT2D eigenvalue weighted by Gasteiger charge is 2.33. The second-order valence-electron chi connectivity index (χ2n) is 5.68. The zero-order chi connectivity index (χ0) is 17.7. The van der Waals surface area contributed by atoms with Crippen molar-refractivity contribution < 1.29 is 40.8 Å². The largest absolute Gasteiger partial charge is 0.464 e. The minimum Gasteiger partial charge on any atom is -0.464 e. The third-order valence-electron chi connectivity index (χ3n) is 3.45. The fraction of sp³-hybridized carbons (Fsp3) is 0.846. The predicted octanol–water partition coefficient (Wildman–Crippen LogP) is 1.42. The maximum Gasteiger partial charge on any atom is 0.309 e. The maximum atomic E-state index is 12.6. The monoisotopic (exact) mass is 358 g/mol. The van der Waals surface area contributed by atoms with Crippen molar-refractivity contribution in [3.63, 3.8) is 0 Å². The zero-order valence-corrected chi connectivity index (χ0v) is 13.5. The van der Waals surface area contributed by atoms with E-state index in [1.165, 1.54) is 0 Å². The average molecular weight is 358 g/mol. The zero-order valence-electron chi connectivity index (χ0n) is 12.7. The molecule has 0 heterocycles. The Labute approximate surface area is 133 Å². The molecule has 0 unspecified atom stereocenters. The number of halogens is 2. The average Bonchev–Trinajstić information content (AvgIpc) is 2.42. The molecule has 1 aliphatic carbocycles. The summed E-state index contributed by atoms with van der Waals surface area (Å²) in [5.41, 5.74) is 0. The smallest absolute Gasteiger partial charge is 0.309 e. The third-order valence-corrected chi connectivity index (χ3v) is 4.13. The van der Waals surface area contributed by atoms with Crippen LogP contribution in [0.1, 0.15) is 32.6 Å². The fourth-order valence-corrected chi connectivity index (χ4v) is 2.54. The molecule has 0 aromatic rings. The van der Waals surface area contributed by atoms with Crippen LogP contribution < -0.4 is 0 Å². The molecule has 23 heavy (non-hydrogen) atoms. The van der Waals surface area contributed by atoms with Gasteiger partial charge in [0.1, 0.15) is 12.4 Å². The van der Waals surface area contributed by atoms with Crippen molar-refractivity contribution in [3.05, 3.63) is 0 Å². The van der Waals surface area contributed by atoms with Gasteiger partial charge in [-0.05, 0) is 25.7 Å². The Kier molecular flexibility index (Phi) is 6.87. The molecule has 0 amide bonds. The van der Waals surface area contributed by atoms with Crippen LogP contribution in [-0.4, -0.2) is 49.8 Å². The first-order chi connectivity index (χ1) is 10.5. The van der Waals surface area contributed by atoms with Crippen LogP contribution in [0.3, 0.4) is 0 Å². The van der Waals surface area contributed by atoms with E-state index < -0.39 is 58.8 Å². The first-order valence-electron chi connectivity index (χ1n) is 7.14. The molecule has 134 valence electrons. The summed E-state index contributed by atoms with van der Waals surface area (Å²) in [5, 5.41) is 0. The molecule has 0 saturated heterocycles. The van der Waals surface area contributed by atoms with Crippen molar-refractivity contribution in [1.29, 1.82) is 0 Å². The first kappa shape index (κ1) is 19.8. The Hall–Kier alpha value is -1.29. The first-order valence-corrected chi connectivity index (χ1v) is 8.75. The number of carbonyl (C=O) groups excluding carboxylic acids is 2. The van der Waals surface area contributed by atoms with Gasteiger partial charge in [0, 0.05) is 6.92 Å². The van der Waals surface area contributed by atoms with Gasteiger partial charge in [-0.3, -0.25) is 14.1 Å². The Morgan fingerprint density at radius 3 is 1.91 bits per heavy atom. The SMILES string of the molecule is CC(F)(F)COC(=O)C1CCC(C(=O)OCCS(=O)(=O)O)CC1. The maximum absolute atomic E-state index is 12.6. The van der Waals surface area contributed by atoms with Crippen LogP contribution in [0, 0.1) is 11.8 Å². The van der Waals surface area contributed by atoms with Crippen LogP contribution in [0.5, 0.6) is 0 Å². The van der Waals surface area contributed by atoms with Gasteiger partial charge in [-0.25, -0.2) is 8.78 Å². The Morgan fingerprint density at radius 2 is 1.52 bits per heavy atom. The van der Waals surface area contributed by atoms with Crippen molar-refractivity contribution in [2.45, 2.75) is 38.5 Å². The van der Waals surface area contributed by atoms with Crippen LogP contribution in [0.4, 0.5) is 8.78 Å². The van der Waals surface area contributed by atoms with Gasteiger partial charge in [-0.2, -0.15) is 8.42 Å². The predicted molar refractivity (Wildman–Crippen MR) is 74.4 cm³/mol. The molecule has 0 radical (unpaired) electrons. The van der Waals surface area contributed by atoms with Gasteiger partial charge in [0.2, 0.25) is 0 Å². The van der Waals surface area contributed by atoms with Gasteiger partial charge in [-0.15, -0.1) is 0 Å². The van der Waals surface area contributed by atoms with Crippen LogP contribution in [0.25, 0.3) is 0 Å². The summed E-state index contributed by atoms with van der Waals surface area (Å²) in [6, 6.07) is 0. The van der Waals surface area contributed by atoms with Crippen LogP contribution in [0.15, 0.2) is 0 Å². The molecule has 0 aromatic carbocycles. The van der Waals surface area contributed by atoms with E-state index in [2.05, 4.69) is 4.74 Å². The molecule has 0 aliphatic heterocycles. The van der Waals surface area contributed by atoms with E-state index in [0.29, 0.717) is 32.6 Å². The Bertz CT molecular complexity index is 519. The number of carbonyl (C=O) groups is 2. The van der Waals surface area contributed by atoms with E-state index in [4.69, 9.17) is 9.29 Å². The van der Waals surface area contributed by atoms with E-state index in [-0.39, 0.29) is 0 Å². The Balaban J connectivity index is 2.31. The minimum absolute atomic E-state index is 0.312. The van der Waals surface area contributed by atoms with E-state index in [0.717, 1.165) is 0 Å². The molecule has 1 saturated carbocycles. The summed E-state index contributed by atoms with van der Waals surface area (Å²) < 4.78 is 64.1. The molecule has 1 N–H and O–H groups in total. The van der Waals surface area contributed by atoms with Gasteiger partial charge in [0.15, 0.2) is 6.61 Å². The molecular weight excluding hydrogens is 338 g/mol. The van der Waals surface area contributed by atoms with Crippen LogP contribution >= 0.6 is 0 Å². The highest BCUT2D eigenvalue weighted by molar-refractivity contribution is 7.85. The molecule has 10 heteroatoms. The van der Waals surface area contributed by atoms with E-state index >= 15 is 0 Å². The summed E-state index contributed by atoms with van der Waals surface area (Å²) in [6.45, 7) is -0.756. The van der Waals surface area contributed by atoms with Gasteiger partial charge < -0.3 is 9.47 Å². The third kappa shape index (κ3) is 8.21. The highest BCUT2D eigenvalue weighted by atomic mass is 32.2. The molecule has 0 spiro atoms. The number of hydrogen-bond donors (Lipinski definition) is 1. The second kappa shape index (κ2) is 8.00. The highest BCUT2D eigenvalue weighted by Crippen LogP contribution is 2.30. The van der Waals surface area contributed by atoms with Crippen LogP contribution in [-0.2, 0) is 29.2 Å². The molecule has 1 rings (SSSR count). The second-order valence-corrected chi connectivity index (χ2v) is 7.25. The topological polar surface area (TPSA) is 107 Å². The number of rotatable bonds is 7. The molecule has 0 atom stereocenters. The van der Waals surface area contributed by atoms with E-state index in [9.17, 15) is 26.8 Å². The summed E-state index contributed by atoms with van der Waals surface area (Å²) in [6.07, 6.45) is 1.28. The summed E-state index contributed by atoms with van der Waals surface area (Å²) in [4.78, 5) is 23.3. The van der Waals surface area contributed by atoms with E-state index in [1.807, 2.05) is 0 Å². The molecule has 0 aromatic heterocycles. The van der Waals surface area contributed by atoms with Crippen LogP contribution in [0.2, 0.25) is 0 Å². The standard InChI is InChI=1S/C13H20F2O7S/c1-13(14,15)8-22-12(17)10-4-2-9(3-5-10)11(16)21-6-7-23(18,19)20/h9-10H,2-8H2,1H3,(H,18,19,20). The van der Waals surface area contributed by atoms with Gasteiger partial charge in [0.25, 0.3) is 16.0 Å². The minimum atomic E-state index is -4.19. The number of ether oxygens (including phenoxy) is 2. The van der Waals surface area contributed by atoms with Gasteiger partial charge in [0.05, 0.1) is 11.8 Å². The summed E-state index contributed by atoms with van der Waals surface area (Å²) in [5.74, 6) is -6.06. The molecular formula is C13H20F2O7S. The van der Waals surface area contributed by atoms with Gasteiger partial charge in [-0.1, -0.05) is 0 Å².